The second-order valence-electron chi connectivity index (χ2n) is 4.26. The fourth-order valence-electron chi connectivity index (χ4n) is 2.05. The van der Waals surface area contributed by atoms with E-state index in [4.69, 9.17) is 4.74 Å². The van der Waals surface area contributed by atoms with Gasteiger partial charge in [0.2, 0.25) is 0 Å². The smallest absolute Gasteiger partial charge is 0.255 e. The molecular weight excluding hydrogens is 240 g/mol. The van der Waals surface area contributed by atoms with E-state index in [2.05, 4.69) is 4.98 Å². The first-order chi connectivity index (χ1) is 9.19. The van der Waals surface area contributed by atoms with Crippen LogP contribution >= 0.6 is 0 Å². The van der Waals surface area contributed by atoms with E-state index in [-0.39, 0.29) is 5.91 Å². The Balaban J connectivity index is 2.42. The fraction of sp³-hybridized carbons (Fsp3) is 0.333. The molecule has 0 bridgehead atoms. The summed E-state index contributed by atoms with van der Waals surface area (Å²) in [5.74, 6) is 0.781. The zero-order valence-electron chi connectivity index (χ0n) is 11.5. The quantitative estimate of drug-likeness (QED) is 0.846. The van der Waals surface area contributed by atoms with Crippen LogP contribution in [0.4, 0.5) is 0 Å². The molecule has 2 aromatic rings. The number of aromatic nitrogens is 1. The molecule has 0 aliphatic heterocycles. The van der Waals surface area contributed by atoms with Gasteiger partial charge in [-0.25, -0.2) is 0 Å². The van der Waals surface area contributed by atoms with Crippen LogP contribution < -0.4 is 4.74 Å². The molecule has 1 amide bonds. The monoisotopic (exact) mass is 258 g/mol. The van der Waals surface area contributed by atoms with Crippen LogP contribution in [0.25, 0.3) is 10.9 Å². The summed E-state index contributed by atoms with van der Waals surface area (Å²) >= 11 is 0. The maximum Gasteiger partial charge on any atom is 0.255 e. The van der Waals surface area contributed by atoms with Crippen molar-refractivity contribution < 1.29 is 9.53 Å². The highest BCUT2D eigenvalue weighted by Gasteiger charge is 2.13. The lowest BCUT2D eigenvalue weighted by Crippen LogP contribution is -2.30. The van der Waals surface area contributed by atoms with Gasteiger partial charge in [0.1, 0.15) is 5.75 Å². The molecular formula is C15H18N2O2. The molecule has 0 saturated heterocycles. The minimum atomic E-state index is 0.0159. The van der Waals surface area contributed by atoms with Crippen LogP contribution in [0.1, 0.15) is 24.2 Å². The van der Waals surface area contributed by atoms with Crippen molar-refractivity contribution in [2.75, 3.05) is 20.2 Å². The summed E-state index contributed by atoms with van der Waals surface area (Å²) in [7, 11) is 1.62. The van der Waals surface area contributed by atoms with Gasteiger partial charge >= 0.3 is 0 Å². The Morgan fingerprint density at radius 2 is 2.00 bits per heavy atom. The summed E-state index contributed by atoms with van der Waals surface area (Å²) in [6.07, 6.45) is 1.63. The molecule has 0 unspecified atom stereocenters. The Bertz CT molecular complexity index is 592. The van der Waals surface area contributed by atoms with Gasteiger partial charge in [-0.3, -0.25) is 9.78 Å². The number of benzene rings is 1. The van der Waals surface area contributed by atoms with Crippen molar-refractivity contribution in [3.63, 3.8) is 0 Å². The number of hydrogen-bond acceptors (Lipinski definition) is 3. The highest BCUT2D eigenvalue weighted by atomic mass is 16.5. The highest BCUT2D eigenvalue weighted by molar-refractivity contribution is 5.97. The Morgan fingerprint density at radius 3 is 2.63 bits per heavy atom. The average molecular weight is 258 g/mol. The van der Waals surface area contributed by atoms with Crippen LogP contribution in [-0.2, 0) is 0 Å². The number of fused-ring (bicyclic) bond motifs is 1. The second-order valence-corrected chi connectivity index (χ2v) is 4.26. The molecule has 0 fully saturated rings. The van der Waals surface area contributed by atoms with Crippen molar-refractivity contribution >= 4 is 16.8 Å². The molecule has 2 rings (SSSR count). The van der Waals surface area contributed by atoms with Gasteiger partial charge in [0, 0.05) is 24.7 Å². The molecule has 4 nitrogen and oxygen atoms in total. The lowest BCUT2D eigenvalue weighted by Gasteiger charge is -2.18. The molecule has 100 valence electrons. The van der Waals surface area contributed by atoms with E-state index >= 15 is 0 Å². The van der Waals surface area contributed by atoms with E-state index < -0.39 is 0 Å². The molecule has 0 saturated carbocycles. The number of carbonyl (C=O) groups excluding carboxylic acids is 1. The van der Waals surface area contributed by atoms with Gasteiger partial charge in [0.05, 0.1) is 18.2 Å². The number of rotatable bonds is 4. The molecule has 4 heteroatoms. The summed E-state index contributed by atoms with van der Waals surface area (Å²) in [5.41, 5.74) is 1.47. The minimum absolute atomic E-state index is 0.0159. The van der Waals surface area contributed by atoms with Crippen LogP contribution in [0, 0.1) is 0 Å². The first kappa shape index (κ1) is 13.3. The first-order valence-electron chi connectivity index (χ1n) is 6.42. The Morgan fingerprint density at radius 1 is 1.26 bits per heavy atom. The topological polar surface area (TPSA) is 42.4 Å². The zero-order valence-corrected chi connectivity index (χ0v) is 11.5. The zero-order chi connectivity index (χ0) is 13.8. The number of methoxy groups -OCH3 is 1. The Hall–Kier alpha value is -2.10. The third-order valence-corrected chi connectivity index (χ3v) is 3.19. The molecule has 0 atom stereocenters. The largest absolute Gasteiger partial charge is 0.497 e. The first-order valence-corrected chi connectivity index (χ1v) is 6.42. The lowest BCUT2D eigenvalue weighted by molar-refractivity contribution is 0.0773. The number of ether oxygens (including phenoxy) is 1. The molecule has 19 heavy (non-hydrogen) atoms. The van der Waals surface area contributed by atoms with Crippen LogP contribution in [-0.4, -0.2) is 36.0 Å². The van der Waals surface area contributed by atoms with Gasteiger partial charge < -0.3 is 9.64 Å². The highest BCUT2D eigenvalue weighted by Crippen LogP contribution is 2.20. The summed E-state index contributed by atoms with van der Waals surface area (Å²) in [6.45, 7) is 5.34. The van der Waals surface area contributed by atoms with Gasteiger partial charge in [0.15, 0.2) is 0 Å². The molecule has 0 aliphatic rings. The van der Waals surface area contributed by atoms with Crippen molar-refractivity contribution in [3.05, 3.63) is 36.0 Å². The summed E-state index contributed by atoms with van der Waals surface area (Å²) < 4.78 is 5.19. The van der Waals surface area contributed by atoms with E-state index in [0.717, 1.165) is 16.7 Å². The summed E-state index contributed by atoms with van der Waals surface area (Å²) in [6, 6.07) is 7.51. The standard InChI is InChI=1S/C15H18N2O2/c1-4-17(5-2)15(18)12-8-11-9-13(19-3)6-7-14(11)16-10-12/h6-10H,4-5H2,1-3H3. The van der Waals surface area contributed by atoms with E-state index in [0.29, 0.717) is 18.7 Å². The van der Waals surface area contributed by atoms with Crippen LogP contribution in [0.3, 0.4) is 0 Å². The molecule has 1 heterocycles. The average Bonchev–Trinajstić information content (AvgIpc) is 2.47. The summed E-state index contributed by atoms with van der Waals surface area (Å²) in [4.78, 5) is 18.4. The number of amides is 1. The number of carbonyl (C=O) groups is 1. The van der Waals surface area contributed by atoms with Crippen molar-refractivity contribution in [1.82, 2.24) is 9.88 Å². The van der Waals surface area contributed by atoms with Gasteiger partial charge in [0.25, 0.3) is 5.91 Å². The van der Waals surface area contributed by atoms with Crippen LogP contribution in [0.5, 0.6) is 5.75 Å². The van der Waals surface area contributed by atoms with Crippen molar-refractivity contribution in [2.45, 2.75) is 13.8 Å². The Labute approximate surface area is 113 Å². The van der Waals surface area contributed by atoms with E-state index in [9.17, 15) is 4.79 Å². The molecule has 0 aliphatic carbocycles. The minimum Gasteiger partial charge on any atom is -0.497 e. The molecule has 0 radical (unpaired) electrons. The van der Waals surface area contributed by atoms with Crippen LogP contribution in [0.2, 0.25) is 0 Å². The van der Waals surface area contributed by atoms with Gasteiger partial charge in [-0.2, -0.15) is 0 Å². The van der Waals surface area contributed by atoms with Gasteiger partial charge in [-0.15, -0.1) is 0 Å². The molecule has 0 spiro atoms. The van der Waals surface area contributed by atoms with Crippen LogP contribution in [0.15, 0.2) is 30.5 Å². The second kappa shape index (κ2) is 5.69. The number of hydrogen-bond donors (Lipinski definition) is 0. The maximum atomic E-state index is 12.3. The summed E-state index contributed by atoms with van der Waals surface area (Å²) in [5, 5.41) is 0.914. The predicted molar refractivity (Wildman–Crippen MR) is 75.5 cm³/mol. The predicted octanol–water partition coefficient (Wildman–Crippen LogP) is 2.73. The number of nitrogens with zero attached hydrogens (tertiary/aromatic N) is 2. The fourth-order valence-corrected chi connectivity index (χ4v) is 2.05. The maximum absolute atomic E-state index is 12.3. The molecule has 1 aromatic heterocycles. The third-order valence-electron chi connectivity index (χ3n) is 3.19. The van der Waals surface area contributed by atoms with Crippen molar-refractivity contribution in [2.24, 2.45) is 0 Å². The van der Waals surface area contributed by atoms with Crippen molar-refractivity contribution in [1.29, 1.82) is 0 Å². The van der Waals surface area contributed by atoms with E-state index in [1.165, 1.54) is 0 Å². The van der Waals surface area contributed by atoms with E-state index in [1.807, 2.05) is 38.1 Å². The lowest BCUT2D eigenvalue weighted by atomic mass is 10.1. The third kappa shape index (κ3) is 2.67. The molecule has 0 N–H and O–H groups in total. The van der Waals surface area contributed by atoms with Gasteiger partial charge in [-0.1, -0.05) is 0 Å². The van der Waals surface area contributed by atoms with Crippen molar-refractivity contribution in [3.8, 4) is 5.75 Å². The normalized spacial score (nSPS) is 10.5. The number of pyridine rings is 1. The van der Waals surface area contributed by atoms with E-state index in [1.54, 1.807) is 18.2 Å². The SMILES string of the molecule is CCN(CC)C(=O)c1cnc2ccc(OC)cc2c1. The van der Waals surface area contributed by atoms with Gasteiger partial charge in [-0.05, 0) is 38.1 Å². The molecule has 1 aromatic carbocycles. The Kier molecular flexibility index (Phi) is 4.00.